The molecule has 4 aliphatic rings. The van der Waals surface area contributed by atoms with Crippen LogP contribution in [0.25, 0.3) is 21.2 Å². The Balaban J connectivity index is 1.30. The second-order valence-corrected chi connectivity index (χ2v) is 30.4. The van der Waals surface area contributed by atoms with Crippen molar-refractivity contribution in [3.63, 3.8) is 0 Å². The Morgan fingerprint density at radius 3 is 1.62 bits per heavy atom. The molecule has 0 N–H and O–H groups in total. The Morgan fingerprint density at radius 1 is 0.486 bits per heavy atom. The molecule has 0 unspecified atom stereocenters. The fourth-order valence-corrected chi connectivity index (χ4v) is 15.2. The lowest BCUT2D eigenvalue weighted by atomic mass is 9.36. The Hall–Kier alpha value is -5.13. The van der Waals surface area contributed by atoms with Crippen LogP contribution in [-0.4, -0.2) is 11.7 Å². The van der Waals surface area contributed by atoms with Gasteiger partial charge in [-0.25, -0.2) is 4.98 Å². The first-order chi connectivity index (χ1) is 33.2. The summed E-state index contributed by atoms with van der Waals surface area (Å²) in [7, 11) is 0. The third-order valence-electron chi connectivity index (χ3n) is 17.4. The van der Waals surface area contributed by atoms with Gasteiger partial charge in [0, 0.05) is 42.9 Å². The van der Waals surface area contributed by atoms with Crippen molar-refractivity contribution in [2.45, 2.75) is 195 Å². The minimum absolute atomic E-state index is 0.00122. The maximum atomic E-state index is 6.05. The topological polar surface area (TPSA) is 19.4 Å². The lowest BCUT2D eigenvalue weighted by Crippen LogP contribution is -2.61. The molecule has 2 aliphatic heterocycles. The minimum Gasteiger partial charge on any atom is -0.310 e. The molecule has 0 fully saturated rings. The molecule has 7 aromatic rings. The van der Waals surface area contributed by atoms with Crippen molar-refractivity contribution in [2.24, 2.45) is 0 Å². The van der Waals surface area contributed by atoms with Crippen LogP contribution >= 0.6 is 11.3 Å². The summed E-state index contributed by atoms with van der Waals surface area (Å²) in [5, 5.41) is 1.34. The molecule has 4 heterocycles. The van der Waals surface area contributed by atoms with E-state index >= 15 is 0 Å². The average molecular weight is 970 g/mol. The number of rotatable bonds is 3. The van der Waals surface area contributed by atoms with Gasteiger partial charge in [-0.1, -0.05) is 187 Å². The van der Waals surface area contributed by atoms with Crippen molar-refractivity contribution in [1.29, 1.82) is 0 Å². The maximum absolute atomic E-state index is 6.05. The lowest BCUT2D eigenvalue weighted by Gasteiger charge is -2.44. The van der Waals surface area contributed by atoms with Gasteiger partial charge < -0.3 is 4.90 Å². The fourth-order valence-electron chi connectivity index (χ4n) is 13.9. The molecule has 0 spiro atoms. The molecule has 372 valence electrons. The van der Waals surface area contributed by atoms with Gasteiger partial charge in [-0.15, -0.1) is 11.3 Å². The van der Waals surface area contributed by atoms with E-state index in [9.17, 15) is 0 Å². The van der Waals surface area contributed by atoms with Crippen molar-refractivity contribution < 1.29 is 0 Å². The summed E-state index contributed by atoms with van der Waals surface area (Å²) < 4.78 is 2.75. The molecule has 2 aromatic heterocycles. The van der Waals surface area contributed by atoms with E-state index in [0.717, 1.165) is 24.4 Å². The normalized spacial score (nSPS) is 18.2. The van der Waals surface area contributed by atoms with E-state index in [1.807, 2.05) is 11.3 Å². The molecular formula is C67H80BN3S. The Morgan fingerprint density at radius 2 is 1.03 bits per heavy atom. The minimum atomic E-state index is -0.245. The number of fused-ring (bicyclic) bond motifs is 8. The quantitative estimate of drug-likeness (QED) is 0.165. The number of hydrogen-bond acceptors (Lipinski definition) is 4. The van der Waals surface area contributed by atoms with Crippen LogP contribution in [0.1, 0.15) is 196 Å². The summed E-state index contributed by atoms with van der Waals surface area (Å²) in [6, 6.07) is 39.4. The second-order valence-electron chi connectivity index (χ2n) is 29.3. The highest BCUT2D eigenvalue weighted by atomic mass is 32.1. The van der Waals surface area contributed by atoms with Crippen LogP contribution in [0.3, 0.4) is 0 Å². The monoisotopic (exact) mass is 970 g/mol. The molecule has 0 saturated heterocycles. The number of pyridine rings is 1. The zero-order valence-electron chi connectivity index (χ0n) is 47.5. The van der Waals surface area contributed by atoms with Gasteiger partial charge in [0.1, 0.15) is 5.82 Å². The second kappa shape index (κ2) is 15.2. The zero-order valence-corrected chi connectivity index (χ0v) is 48.3. The number of benzene rings is 5. The number of anilines is 6. The molecule has 0 atom stereocenters. The third kappa shape index (κ3) is 7.50. The molecule has 0 radical (unpaired) electrons. The Labute approximate surface area is 438 Å². The van der Waals surface area contributed by atoms with Crippen LogP contribution in [-0.2, 0) is 43.3 Å². The molecule has 0 saturated carbocycles. The maximum Gasteiger partial charge on any atom is 0.266 e. The summed E-state index contributed by atoms with van der Waals surface area (Å²) >= 11 is 2.00. The SMILES string of the molecule is CC(C)(C)c1ccc(-c2cc(C(C)(C)C)ccc2N2c3cc4c(cc3B3c5sc6ccc(C(C)(C)C)cc6c5N(c5ccc6c(c5)C(C)(C)CC6(C)C)c5cc(C(C)(C)C)nc2c53)C(C)(C)CC4(C)C)cc1. The lowest BCUT2D eigenvalue weighted by molar-refractivity contribution is 0.403. The van der Waals surface area contributed by atoms with E-state index in [0.29, 0.717) is 0 Å². The first-order valence-corrected chi connectivity index (χ1v) is 27.8. The zero-order chi connectivity index (χ0) is 52.0. The highest BCUT2D eigenvalue weighted by Crippen LogP contribution is 2.56. The van der Waals surface area contributed by atoms with E-state index in [2.05, 4.69) is 245 Å². The molecule has 0 amide bonds. The standard InChI is InChI=1S/C67H80BN3S/c1-60(2,3)40-23-21-39(22-24-40)44-31-41(61(4,5)6)25-29-51(44)71-52-35-49-48(66(17,18)38-67(49,19)20)34-50(52)68-56-53(36-55(63(10,11)12)69-59(56)71)70(43-27-28-46-47(33-43)65(15,16)37-64(46,13)14)57-45-32-42(62(7,8)9)26-30-54(45)72-58(57)68/h21-36H,37-38H2,1-20H3. The van der Waals surface area contributed by atoms with Crippen LogP contribution in [0.2, 0.25) is 0 Å². The summed E-state index contributed by atoms with van der Waals surface area (Å²) in [6.07, 6.45) is 2.22. The number of thiophene rings is 1. The van der Waals surface area contributed by atoms with Crippen molar-refractivity contribution in [3.05, 3.63) is 142 Å². The number of hydrogen-bond donors (Lipinski definition) is 0. The van der Waals surface area contributed by atoms with Gasteiger partial charge in [-0.05, 0) is 155 Å². The van der Waals surface area contributed by atoms with E-state index in [4.69, 9.17) is 4.98 Å². The van der Waals surface area contributed by atoms with Gasteiger partial charge in [0.2, 0.25) is 0 Å². The van der Waals surface area contributed by atoms with Crippen molar-refractivity contribution in [3.8, 4) is 11.1 Å². The average Bonchev–Trinajstić information content (AvgIpc) is 3.80. The molecular weight excluding hydrogens is 890 g/mol. The highest BCUT2D eigenvalue weighted by Gasteiger charge is 2.51. The van der Waals surface area contributed by atoms with E-state index in [-0.39, 0.29) is 50.0 Å². The Kier molecular flexibility index (Phi) is 10.4. The van der Waals surface area contributed by atoms with E-state index in [1.165, 1.54) is 104 Å². The molecule has 11 rings (SSSR count). The van der Waals surface area contributed by atoms with Gasteiger partial charge in [0.15, 0.2) is 0 Å². The van der Waals surface area contributed by atoms with Crippen LogP contribution in [0.4, 0.5) is 34.3 Å². The van der Waals surface area contributed by atoms with E-state index in [1.54, 1.807) is 0 Å². The van der Waals surface area contributed by atoms with E-state index < -0.39 is 0 Å². The molecule has 0 bridgehead atoms. The molecule has 5 aromatic carbocycles. The van der Waals surface area contributed by atoms with Gasteiger partial charge in [-0.3, -0.25) is 4.90 Å². The summed E-state index contributed by atoms with van der Waals surface area (Å²) in [6.45, 7) is 47.7. The Bertz CT molecular complexity index is 3400. The highest BCUT2D eigenvalue weighted by molar-refractivity contribution is 7.33. The van der Waals surface area contributed by atoms with Gasteiger partial charge >= 0.3 is 0 Å². The predicted octanol–water partition coefficient (Wildman–Crippen LogP) is 17.2. The molecule has 5 heteroatoms. The summed E-state index contributed by atoms with van der Waals surface area (Å²) in [5.41, 5.74) is 22.3. The summed E-state index contributed by atoms with van der Waals surface area (Å²) in [5.74, 6) is 1.05. The first-order valence-electron chi connectivity index (χ1n) is 27.0. The molecule has 72 heavy (non-hydrogen) atoms. The number of aromatic nitrogens is 1. The van der Waals surface area contributed by atoms with Gasteiger partial charge in [-0.2, -0.15) is 0 Å². The van der Waals surface area contributed by atoms with Gasteiger partial charge in [0.25, 0.3) is 6.71 Å². The van der Waals surface area contributed by atoms with Crippen molar-refractivity contribution in [2.75, 3.05) is 9.80 Å². The molecule has 2 aliphatic carbocycles. The number of nitrogens with zero attached hydrogens (tertiary/aromatic N) is 3. The van der Waals surface area contributed by atoms with Crippen LogP contribution < -0.4 is 25.5 Å². The smallest absolute Gasteiger partial charge is 0.266 e. The molecule has 3 nitrogen and oxygen atoms in total. The van der Waals surface area contributed by atoms with Crippen LogP contribution in [0, 0.1) is 0 Å². The van der Waals surface area contributed by atoms with Crippen LogP contribution in [0.5, 0.6) is 0 Å². The van der Waals surface area contributed by atoms with Gasteiger partial charge in [0.05, 0.1) is 17.1 Å². The van der Waals surface area contributed by atoms with Crippen LogP contribution in [0.15, 0.2) is 97.1 Å². The van der Waals surface area contributed by atoms with Crippen molar-refractivity contribution in [1.82, 2.24) is 4.98 Å². The first kappa shape index (κ1) is 49.1. The predicted molar refractivity (Wildman–Crippen MR) is 315 cm³/mol. The third-order valence-corrected chi connectivity index (χ3v) is 18.6. The largest absolute Gasteiger partial charge is 0.310 e. The fraction of sp³-hybridized carbons (Fsp3) is 0.448. The summed E-state index contributed by atoms with van der Waals surface area (Å²) in [4.78, 5) is 11.4. The van der Waals surface area contributed by atoms with Crippen molar-refractivity contribution >= 4 is 78.1 Å².